The number of benzene rings is 1. The quantitative estimate of drug-likeness (QED) is 0.819. The molecule has 8 heteroatoms. The first-order valence-corrected chi connectivity index (χ1v) is 5.64. The molecule has 2 N–H and O–H groups in total. The van der Waals surface area contributed by atoms with Gasteiger partial charge in [-0.15, -0.1) is 5.10 Å². The molecule has 0 aliphatic heterocycles. The van der Waals surface area contributed by atoms with E-state index >= 15 is 0 Å². The molecule has 2 aromatic rings. The van der Waals surface area contributed by atoms with E-state index in [0.717, 1.165) is 0 Å². The third-order valence-corrected chi connectivity index (χ3v) is 2.70. The molecule has 1 aromatic heterocycles. The van der Waals surface area contributed by atoms with E-state index < -0.39 is 5.97 Å². The van der Waals surface area contributed by atoms with Crippen molar-refractivity contribution in [2.24, 2.45) is 0 Å². The highest BCUT2D eigenvalue weighted by atomic mass is 16.5. The number of rotatable bonds is 4. The molecule has 1 heterocycles. The molecule has 0 radical (unpaired) electrons. The number of ether oxygens (including phenoxy) is 3. The molecule has 0 saturated heterocycles. The van der Waals surface area contributed by atoms with E-state index in [1.165, 1.54) is 26.0 Å². The van der Waals surface area contributed by atoms with Crippen LogP contribution in [0.25, 0.3) is 5.69 Å². The lowest BCUT2D eigenvalue weighted by Crippen LogP contribution is -2.08. The second-order valence-corrected chi connectivity index (χ2v) is 3.76. The van der Waals surface area contributed by atoms with Crippen LogP contribution in [-0.2, 0) is 4.74 Å². The Balaban J connectivity index is 2.56. The summed E-state index contributed by atoms with van der Waals surface area (Å²) in [7, 11) is 4.29. The van der Waals surface area contributed by atoms with Gasteiger partial charge < -0.3 is 19.9 Å². The summed E-state index contributed by atoms with van der Waals surface area (Å²) in [4.78, 5) is 11.5. The minimum atomic E-state index is -0.657. The van der Waals surface area contributed by atoms with Crippen LogP contribution in [0.2, 0.25) is 0 Å². The zero-order chi connectivity index (χ0) is 14.7. The van der Waals surface area contributed by atoms with E-state index in [1.807, 2.05) is 0 Å². The van der Waals surface area contributed by atoms with E-state index in [4.69, 9.17) is 15.2 Å². The van der Waals surface area contributed by atoms with Gasteiger partial charge in [-0.1, -0.05) is 5.21 Å². The van der Waals surface area contributed by atoms with Gasteiger partial charge >= 0.3 is 5.97 Å². The zero-order valence-corrected chi connectivity index (χ0v) is 11.3. The lowest BCUT2D eigenvalue weighted by molar-refractivity contribution is 0.0595. The lowest BCUT2D eigenvalue weighted by Gasteiger charge is -2.10. The SMILES string of the molecule is COC(=O)c1nnn(-c2cc(OC)ccc2OC)c1N. The first kappa shape index (κ1) is 13.7. The molecule has 0 fully saturated rings. The number of esters is 1. The van der Waals surface area contributed by atoms with Crippen LogP contribution in [-0.4, -0.2) is 42.3 Å². The van der Waals surface area contributed by atoms with Crippen LogP contribution in [0.3, 0.4) is 0 Å². The Morgan fingerprint density at radius 3 is 2.60 bits per heavy atom. The fraction of sp³-hybridized carbons (Fsp3) is 0.250. The molecule has 0 saturated carbocycles. The van der Waals surface area contributed by atoms with Gasteiger partial charge in [-0.25, -0.2) is 4.79 Å². The van der Waals surface area contributed by atoms with Gasteiger partial charge in [-0.3, -0.25) is 0 Å². The first-order valence-electron chi connectivity index (χ1n) is 5.64. The molecule has 0 aliphatic rings. The number of aromatic nitrogens is 3. The third kappa shape index (κ3) is 2.22. The van der Waals surface area contributed by atoms with Crippen LogP contribution in [0.4, 0.5) is 5.82 Å². The molecule has 0 atom stereocenters. The number of methoxy groups -OCH3 is 3. The highest BCUT2D eigenvalue weighted by Crippen LogP contribution is 2.29. The Bertz CT molecular complexity index is 638. The third-order valence-electron chi connectivity index (χ3n) is 2.70. The second-order valence-electron chi connectivity index (χ2n) is 3.76. The van der Waals surface area contributed by atoms with Crippen molar-refractivity contribution in [2.75, 3.05) is 27.1 Å². The minimum Gasteiger partial charge on any atom is -0.497 e. The van der Waals surface area contributed by atoms with Crippen LogP contribution in [0.15, 0.2) is 18.2 Å². The van der Waals surface area contributed by atoms with E-state index in [0.29, 0.717) is 17.2 Å². The van der Waals surface area contributed by atoms with Gasteiger partial charge in [0.25, 0.3) is 0 Å². The fourth-order valence-electron chi connectivity index (χ4n) is 1.67. The number of hydrogen-bond donors (Lipinski definition) is 1. The summed E-state index contributed by atoms with van der Waals surface area (Å²) >= 11 is 0. The number of anilines is 1. The largest absolute Gasteiger partial charge is 0.497 e. The summed E-state index contributed by atoms with van der Waals surface area (Å²) in [5.41, 5.74) is 6.32. The maximum absolute atomic E-state index is 11.5. The van der Waals surface area contributed by atoms with Crippen molar-refractivity contribution in [3.8, 4) is 17.2 Å². The molecule has 106 valence electrons. The van der Waals surface area contributed by atoms with E-state index in [2.05, 4.69) is 15.0 Å². The average molecular weight is 278 g/mol. The van der Waals surface area contributed by atoms with Gasteiger partial charge in [-0.2, -0.15) is 4.68 Å². The minimum absolute atomic E-state index is 0.0580. The molecule has 20 heavy (non-hydrogen) atoms. The predicted molar refractivity (Wildman–Crippen MR) is 70.2 cm³/mol. The number of hydrogen-bond acceptors (Lipinski definition) is 7. The van der Waals surface area contributed by atoms with Gasteiger partial charge in [0.2, 0.25) is 5.69 Å². The van der Waals surface area contributed by atoms with Gasteiger partial charge in [0.1, 0.15) is 17.2 Å². The van der Waals surface area contributed by atoms with E-state index in [9.17, 15) is 4.79 Å². The van der Waals surface area contributed by atoms with Crippen LogP contribution in [0, 0.1) is 0 Å². The van der Waals surface area contributed by atoms with Gasteiger partial charge in [0.15, 0.2) is 5.82 Å². The highest BCUT2D eigenvalue weighted by molar-refractivity contribution is 5.92. The molecular formula is C12H14N4O4. The Morgan fingerprint density at radius 1 is 1.25 bits per heavy atom. The molecule has 1 aromatic carbocycles. The zero-order valence-electron chi connectivity index (χ0n) is 11.3. The molecule has 0 aliphatic carbocycles. The lowest BCUT2D eigenvalue weighted by atomic mass is 10.2. The topological polar surface area (TPSA) is 101 Å². The Morgan fingerprint density at radius 2 is 2.00 bits per heavy atom. The van der Waals surface area contributed by atoms with Crippen molar-refractivity contribution in [2.45, 2.75) is 0 Å². The number of nitrogens with two attached hydrogens (primary N) is 1. The number of nitrogen functional groups attached to an aromatic ring is 1. The smallest absolute Gasteiger partial charge is 0.362 e. The molecule has 0 spiro atoms. The number of carbonyl (C=O) groups excluding carboxylic acids is 1. The van der Waals surface area contributed by atoms with Crippen LogP contribution in [0.1, 0.15) is 10.5 Å². The van der Waals surface area contributed by atoms with E-state index in [-0.39, 0.29) is 11.5 Å². The van der Waals surface area contributed by atoms with Gasteiger partial charge in [0.05, 0.1) is 21.3 Å². The second kappa shape index (κ2) is 5.47. The monoisotopic (exact) mass is 278 g/mol. The Hall–Kier alpha value is -2.77. The van der Waals surface area contributed by atoms with Crippen molar-refractivity contribution in [1.29, 1.82) is 0 Å². The Labute approximate surface area is 115 Å². The van der Waals surface area contributed by atoms with Crippen LogP contribution >= 0.6 is 0 Å². The molecule has 0 bridgehead atoms. The predicted octanol–water partition coefficient (Wildman–Crippen LogP) is 0.653. The van der Waals surface area contributed by atoms with Gasteiger partial charge in [-0.05, 0) is 12.1 Å². The maximum atomic E-state index is 11.5. The highest BCUT2D eigenvalue weighted by Gasteiger charge is 2.20. The van der Waals surface area contributed by atoms with Crippen molar-refractivity contribution in [1.82, 2.24) is 15.0 Å². The number of nitrogens with zero attached hydrogens (tertiary/aromatic N) is 3. The van der Waals surface area contributed by atoms with E-state index in [1.54, 1.807) is 18.2 Å². The summed E-state index contributed by atoms with van der Waals surface area (Å²) in [5.74, 6) is 0.508. The van der Waals surface area contributed by atoms with Crippen LogP contribution in [0.5, 0.6) is 11.5 Å². The average Bonchev–Trinajstić information content (AvgIpc) is 2.87. The standard InChI is InChI=1S/C12H14N4O4/c1-18-7-4-5-9(19-2)8(6-7)16-11(13)10(14-15-16)12(17)20-3/h4-6H,13H2,1-3H3. The molecule has 0 unspecified atom stereocenters. The first-order chi connectivity index (χ1) is 9.62. The summed E-state index contributed by atoms with van der Waals surface area (Å²) in [6, 6.07) is 5.11. The van der Waals surface area contributed by atoms with Crippen molar-refractivity contribution < 1.29 is 19.0 Å². The van der Waals surface area contributed by atoms with Crippen LogP contribution < -0.4 is 15.2 Å². The fourth-order valence-corrected chi connectivity index (χ4v) is 1.67. The molecule has 0 amide bonds. The molecular weight excluding hydrogens is 264 g/mol. The summed E-state index contributed by atoms with van der Waals surface area (Å²) in [6.07, 6.45) is 0. The van der Waals surface area contributed by atoms with Gasteiger partial charge in [0, 0.05) is 6.07 Å². The van der Waals surface area contributed by atoms with Crippen molar-refractivity contribution in [3.05, 3.63) is 23.9 Å². The molecule has 8 nitrogen and oxygen atoms in total. The summed E-state index contributed by atoms with van der Waals surface area (Å²) in [5, 5.41) is 7.56. The van der Waals surface area contributed by atoms with Crippen molar-refractivity contribution >= 4 is 11.8 Å². The molecule has 2 rings (SSSR count). The maximum Gasteiger partial charge on any atom is 0.362 e. The summed E-state index contributed by atoms with van der Waals surface area (Å²) in [6.45, 7) is 0. The normalized spacial score (nSPS) is 10.2. The van der Waals surface area contributed by atoms with Crippen molar-refractivity contribution in [3.63, 3.8) is 0 Å². The number of carbonyl (C=O) groups is 1. The Kier molecular flexibility index (Phi) is 3.74. The summed E-state index contributed by atoms with van der Waals surface area (Å²) < 4.78 is 16.2.